The van der Waals surface area contributed by atoms with Crippen LogP contribution < -0.4 is 18.5 Å². The van der Waals surface area contributed by atoms with Crippen LogP contribution in [0, 0.1) is 0 Å². The summed E-state index contributed by atoms with van der Waals surface area (Å²) in [6.45, 7) is 3.54. The number of anilines is 1. The van der Waals surface area contributed by atoms with Crippen LogP contribution in [-0.4, -0.2) is 88.5 Å². The van der Waals surface area contributed by atoms with Crippen LogP contribution >= 0.6 is 11.6 Å². The van der Waals surface area contributed by atoms with Gasteiger partial charge in [-0.05, 0) is 60.4 Å². The lowest BCUT2D eigenvalue weighted by molar-refractivity contribution is -0.275. The summed E-state index contributed by atoms with van der Waals surface area (Å²) in [5, 5.41) is 11.1. The molecule has 0 bridgehead atoms. The maximum absolute atomic E-state index is 15.4. The Morgan fingerprint density at radius 3 is 2.31 bits per heavy atom. The molecule has 1 unspecified atom stereocenters. The van der Waals surface area contributed by atoms with Crippen LogP contribution in [0.4, 0.5) is 18.9 Å². The number of benzene rings is 3. The molecule has 1 saturated heterocycles. The number of hydrogen-bond acceptors (Lipinski definition) is 9. The Bertz CT molecular complexity index is 1910. The van der Waals surface area contributed by atoms with Crippen molar-refractivity contribution in [2.24, 2.45) is 0 Å². The highest BCUT2D eigenvalue weighted by atomic mass is 35.5. The molecule has 3 aromatic rings. The van der Waals surface area contributed by atoms with E-state index >= 15 is 4.79 Å². The van der Waals surface area contributed by atoms with Crippen molar-refractivity contribution >= 4 is 39.1 Å². The fourth-order valence-electron chi connectivity index (χ4n) is 6.49. The lowest BCUT2D eigenvalue weighted by atomic mass is 9.79. The van der Waals surface area contributed by atoms with Crippen molar-refractivity contribution in [2.75, 3.05) is 39.2 Å². The molecular formula is C33H35ClF3N3O8S. The first-order valence-electron chi connectivity index (χ1n) is 15.1. The van der Waals surface area contributed by atoms with Crippen molar-refractivity contribution in [3.63, 3.8) is 0 Å². The van der Waals surface area contributed by atoms with E-state index in [4.69, 9.17) is 21.1 Å². The molecule has 49 heavy (non-hydrogen) atoms. The number of nitrogens with zero attached hydrogens (tertiary/aromatic N) is 3. The minimum absolute atomic E-state index is 0.00485. The van der Waals surface area contributed by atoms with Gasteiger partial charge in [0.1, 0.15) is 16.4 Å². The molecule has 2 amide bonds. The number of sulfonamides is 1. The molecule has 0 aliphatic carbocycles. The Kier molecular flexibility index (Phi) is 9.62. The van der Waals surface area contributed by atoms with Crippen LogP contribution in [-0.2, 0) is 25.2 Å². The number of methoxy groups -OCH3 is 2. The van der Waals surface area contributed by atoms with Crippen molar-refractivity contribution < 1.29 is 50.5 Å². The van der Waals surface area contributed by atoms with E-state index in [1.54, 1.807) is 18.2 Å². The average Bonchev–Trinajstić information content (AvgIpc) is 3.53. The number of carbonyl (C=O) groups is 2. The highest BCUT2D eigenvalue weighted by Crippen LogP contribution is 2.55. The quantitative estimate of drug-likeness (QED) is 0.329. The molecular weight excluding hydrogens is 691 g/mol. The predicted octanol–water partition coefficient (Wildman–Crippen LogP) is 4.88. The molecule has 1 N–H and O–H groups in total. The molecule has 2 heterocycles. The third-order valence-electron chi connectivity index (χ3n) is 8.67. The zero-order valence-electron chi connectivity index (χ0n) is 27.4. The predicted molar refractivity (Wildman–Crippen MR) is 173 cm³/mol. The van der Waals surface area contributed by atoms with Gasteiger partial charge in [-0.2, -0.15) is 0 Å². The first kappa shape index (κ1) is 36.2. The Balaban J connectivity index is 1.90. The summed E-state index contributed by atoms with van der Waals surface area (Å²) in [5.74, 6) is -2.87. The summed E-state index contributed by atoms with van der Waals surface area (Å²) in [6, 6.07) is 10.6. The topological polar surface area (TPSA) is 126 Å². The van der Waals surface area contributed by atoms with Crippen LogP contribution in [0.3, 0.4) is 0 Å². The highest BCUT2D eigenvalue weighted by molar-refractivity contribution is 7.93. The number of halogens is 4. The number of ether oxygens (including phenoxy) is 3. The van der Waals surface area contributed by atoms with Gasteiger partial charge in [0.25, 0.3) is 15.9 Å². The highest BCUT2D eigenvalue weighted by Gasteiger charge is 2.64. The number of carbonyl (C=O) groups excluding carboxylic acids is 2. The molecule has 0 aromatic heterocycles. The average molecular weight is 726 g/mol. The van der Waals surface area contributed by atoms with Gasteiger partial charge < -0.3 is 24.2 Å². The van der Waals surface area contributed by atoms with Crippen LogP contribution in [0.15, 0.2) is 59.5 Å². The summed E-state index contributed by atoms with van der Waals surface area (Å²) >= 11 is 6.52. The second-order valence-corrected chi connectivity index (χ2v) is 14.4. The second-order valence-electron chi connectivity index (χ2n) is 12.2. The number of fused-ring (bicyclic) bond motifs is 1. The van der Waals surface area contributed by atoms with Crippen LogP contribution in [0.25, 0.3) is 0 Å². The monoisotopic (exact) mass is 725 g/mol. The number of alkyl halides is 3. The van der Waals surface area contributed by atoms with Crippen molar-refractivity contribution in [1.29, 1.82) is 0 Å². The number of β-amino-alcohol motifs (C(OH)–C–C–N with tert-alkyl or cyclic N) is 1. The number of likely N-dealkylation sites (tertiary alicyclic amines) is 1. The number of aliphatic hydroxyl groups is 1. The van der Waals surface area contributed by atoms with Crippen LogP contribution in [0.5, 0.6) is 17.2 Å². The number of rotatable bonds is 9. The maximum Gasteiger partial charge on any atom is 0.573 e. The third-order valence-corrected chi connectivity index (χ3v) is 10.6. The molecule has 16 heteroatoms. The van der Waals surface area contributed by atoms with Crippen molar-refractivity contribution in [3.8, 4) is 17.2 Å². The number of likely N-dealkylation sites (N-methyl/N-ethyl adjacent to an activating group) is 1. The molecule has 3 aromatic carbocycles. The molecule has 11 nitrogen and oxygen atoms in total. The Hall–Kier alpha value is -4.05. The molecule has 0 radical (unpaired) electrons. The van der Waals surface area contributed by atoms with Crippen LogP contribution in [0.2, 0.25) is 5.02 Å². The molecule has 0 saturated carbocycles. The van der Waals surface area contributed by atoms with Gasteiger partial charge in [0.2, 0.25) is 5.91 Å². The summed E-state index contributed by atoms with van der Waals surface area (Å²) in [6.07, 6.45) is -6.54. The van der Waals surface area contributed by atoms with E-state index in [0.29, 0.717) is 4.31 Å². The van der Waals surface area contributed by atoms with E-state index < -0.39 is 56.5 Å². The van der Waals surface area contributed by atoms with E-state index in [1.165, 1.54) is 56.3 Å². The Morgan fingerprint density at radius 1 is 1.02 bits per heavy atom. The summed E-state index contributed by atoms with van der Waals surface area (Å²) in [5.41, 5.74) is -1.57. The SMILES string of the molecule is COc1ccc(S(=O)(=O)N2C(=O)C(c3cc(C(C)C)ccc3OC)(N3C[C@H](O)C[C@H]3C(=O)N(C)C)c3cc(Cl)ccc32)c(OC(F)(F)F)c1. The van der Waals surface area contributed by atoms with Gasteiger partial charge >= 0.3 is 6.36 Å². The first-order chi connectivity index (χ1) is 22.9. The fraction of sp³-hybridized carbons (Fsp3) is 0.394. The van der Waals surface area contributed by atoms with Crippen LogP contribution in [0.1, 0.15) is 42.9 Å². The van der Waals surface area contributed by atoms with Crippen molar-refractivity contribution in [3.05, 3.63) is 76.3 Å². The molecule has 5 rings (SSSR count). The van der Waals surface area contributed by atoms with E-state index in [9.17, 15) is 31.5 Å². The number of aliphatic hydroxyl groups excluding tert-OH is 1. The van der Waals surface area contributed by atoms with Crippen molar-refractivity contribution in [1.82, 2.24) is 9.80 Å². The summed E-state index contributed by atoms with van der Waals surface area (Å²) < 4.78 is 85.4. The van der Waals surface area contributed by atoms with Crippen molar-refractivity contribution in [2.45, 2.75) is 55.1 Å². The van der Waals surface area contributed by atoms with Gasteiger partial charge in [-0.3, -0.25) is 14.5 Å². The van der Waals surface area contributed by atoms with Gasteiger partial charge in [-0.15, -0.1) is 13.2 Å². The molecule has 1 fully saturated rings. The largest absolute Gasteiger partial charge is 0.573 e. The minimum Gasteiger partial charge on any atom is -0.497 e. The normalized spacial score (nSPS) is 21.2. The Labute approximate surface area is 286 Å². The molecule has 0 spiro atoms. The van der Waals surface area contributed by atoms with E-state index in [1.807, 2.05) is 13.8 Å². The van der Waals surface area contributed by atoms with E-state index in [2.05, 4.69) is 4.74 Å². The van der Waals surface area contributed by atoms with E-state index in [0.717, 1.165) is 23.8 Å². The molecule has 2 aliphatic rings. The maximum atomic E-state index is 15.4. The fourth-order valence-corrected chi connectivity index (χ4v) is 8.23. The second kappa shape index (κ2) is 13.0. The molecule has 264 valence electrons. The first-order valence-corrected chi connectivity index (χ1v) is 16.9. The molecule has 3 atom stereocenters. The van der Waals surface area contributed by atoms with Gasteiger partial charge in [-0.25, -0.2) is 12.7 Å². The summed E-state index contributed by atoms with van der Waals surface area (Å²) in [7, 11) is 0.303. The third kappa shape index (κ3) is 6.17. The van der Waals surface area contributed by atoms with Gasteiger partial charge in [0.15, 0.2) is 11.3 Å². The zero-order valence-corrected chi connectivity index (χ0v) is 29.0. The summed E-state index contributed by atoms with van der Waals surface area (Å²) in [4.78, 5) is 30.9. The smallest absolute Gasteiger partial charge is 0.497 e. The number of amides is 2. The zero-order chi connectivity index (χ0) is 36.2. The van der Waals surface area contributed by atoms with Gasteiger partial charge in [-0.1, -0.05) is 31.5 Å². The molecule has 2 aliphatic heterocycles. The van der Waals surface area contributed by atoms with E-state index in [-0.39, 0.29) is 52.2 Å². The lowest BCUT2D eigenvalue weighted by Crippen LogP contribution is -2.59. The minimum atomic E-state index is -5.31. The Morgan fingerprint density at radius 2 is 1.71 bits per heavy atom. The van der Waals surface area contributed by atoms with Gasteiger partial charge in [0, 0.05) is 42.9 Å². The lowest BCUT2D eigenvalue weighted by Gasteiger charge is -2.42. The number of hydrogen-bond donors (Lipinski definition) is 1. The standard InChI is InChI=1S/C33H35ClF3N3O8S/c1-18(2)19-7-11-27(47-6)24(13-19)32(39-17-21(41)15-26(39)30(42)38(3)4)23-14-20(34)8-10-25(23)40(31(32)43)49(44,45)29-12-9-22(46-5)16-28(29)48-33(35,36)37/h7-14,16,18,21,26,41H,15,17H2,1-6H3/t21-,26+,32?/m1/s1. The van der Waals surface area contributed by atoms with Gasteiger partial charge in [0.05, 0.1) is 32.1 Å².